The fraction of sp³-hybridized carbons (Fsp3) is 0.120. The molecular formula is C25H23N3O2. The largest absolute Gasteiger partial charge is 0.497 e. The minimum Gasteiger partial charge on any atom is -0.497 e. The normalized spacial score (nSPS) is 10.6. The number of amides is 1. The maximum Gasteiger partial charge on any atom is 0.255 e. The second-order valence-corrected chi connectivity index (χ2v) is 6.95. The van der Waals surface area contributed by atoms with E-state index < -0.39 is 0 Å². The number of nitrogens with zero attached hydrogens (tertiary/aromatic N) is 1. The van der Waals surface area contributed by atoms with E-state index in [1.165, 1.54) is 0 Å². The number of carbonyl (C=O) groups excluding carboxylic acids is 1. The van der Waals surface area contributed by atoms with Gasteiger partial charge in [-0.25, -0.2) is 0 Å². The molecule has 1 amide bonds. The number of pyridine rings is 1. The molecule has 0 unspecified atom stereocenters. The van der Waals surface area contributed by atoms with E-state index in [2.05, 4.69) is 22.5 Å². The third-order valence-electron chi connectivity index (χ3n) is 4.97. The van der Waals surface area contributed by atoms with E-state index in [4.69, 9.17) is 4.74 Å². The van der Waals surface area contributed by atoms with Crippen LogP contribution in [0.1, 0.15) is 22.8 Å². The second-order valence-electron chi connectivity index (χ2n) is 6.95. The fourth-order valence-corrected chi connectivity index (χ4v) is 3.29. The van der Waals surface area contributed by atoms with Crippen molar-refractivity contribution in [3.8, 4) is 5.75 Å². The van der Waals surface area contributed by atoms with Crippen LogP contribution in [0.2, 0.25) is 0 Å². The van der Waals surface area contributed by atoms with Crippen LogP contribution in [-0.4, -0.2) is 18.0 Å². The number of anilines is 3. The Bertz CT molecular complexity index is 1190. The number of nitrogens with one attached hydrogen (secondary N) is 2. The summed E-state index contributed by atoms with van der Waals surface area (Å²) >= 11 is 0. The van der Waals surface area contributed by atoms with E-state index in [9.17, 15) is 4.79 Å². The van der Waals surface area contributed by atoms with Gasteiger partial charge in [0, 0.05) is 34.2 Å². The first-order valence-electron chi connectivity index (χ1n) is 9.86. The molecule has 0 aliphatic rings. The van der Waals surface area contributed by atoms with Gasteiger partial charge in [0.1, 0.15) is 5.75 Å². The molecule has 30 heavy (non-hydrogen) atoms. The van der Waals surface area contributed by atoms with Crippen LogP contribution in [0.3, 0.4) is 0 Å². The highest BCUT2D eigenvalue weighted by atomic mass is 16.5. The van der Waals surface area contributed by atoms with Crippen LogP contribution in [-0.2, 0) is 6.42 Å². The van der Waals surface area contributed by atoms with E-state index in [-0.39, 0.29) is 5.91 Å². The van der Waals surface area contributed by atoms with Crippen LogP contribution in [0, 0.1) is 0 Å². The lowest BCUT2D eigenvalue weighted by molar-refractivity contribution is 0.102. The van der Waals surface area contributed by atoms with Crippen molar-refractivity contribution in [3.05, 3.63) is 90.1 Å². The van der Waals surface area contributed by atoms with Crippen LogP contribution < -0.4 is 15.4 Å². The Morgan fingerprint density at radius 3 is 2.53 bits per heavy atom. The predicted molar refractivity (Wildman–Crippen MR) is 122 cm³/mol. The molecule has 4 aromatic rings. The summed E-state index contributed by atoms with van der Waals surface area (Å²) in [5.41, 5.74) is 5.29. The molecule has 0 spiro atoms. The molecule has 2 N–H and O–H groups in total. The molecular weight excluding hydrogens is 374 g/mol. The number of carbonyl (C=O) groups is 1. The van der Waals surface area contributed by atoms with Crippen LogP contribution in [0.25, 0.3) is 10.9 Å². The van der Waals surface area contributed by atoms with Gasteiger partial charge in [-0.2, -0.15) is 0 Å². The van der Waals surface area contributed by atoms with E-state index in [0.717, 1.165) is 45.7 Å². The SMILES string of the molecule is CCc1cccc(C(=O)Nc2ccc(Nc3ccnc4ccc(OC)cc34)cc2)c1. The molecule has 0 aliphatic carbocycles. The highest BCUT2D eigenvalue weighted by Crippen LogP contribution is 2.28. The number of hydrogen-bond acceptors (Lipinski definition) is 4. The van der Waals surface area contributed by atoms with Crippen molar-refractivity contribution in [2.45, 2.75) is 13.3 Å². The van der Waals surface area contributed by atoms with Gasteiger partial charge < -0.3 is 15.4 Å². The molecule has 0 fully saturated rings. The van der Waals surface area contributed by atoms with Crippen LogP contribution >= 0.6 is 0 Å². The number of ether oxygens (including phenoxy) is 1. The number of hydrogen-bond donors (Lipinski definition) is 2. The molecule has 0 saturated carbocycles. The van der Waals surface area contributed by atoms with E-state index >= 15 is 0 Å². The van der Waals surface area contributed by atoms with Gasteiger partial charge in [-0.3, -0.25) is 9.78 Å². The Morgan fingerprint density at radius 1 is 0.967 bits per heavy atom. The number of benzene rings is 3. The fourth-order valence-electron chi connectivity index (χ4n) is 3.29. The average molecular weight is 397 g/mol. The van der Waals surface area contributed by atoms with Gasteiger partial charge in [-0.1, -0.05) is 19.1 Å². The first-order valence-corrected chi connectivity index (χ1v) is 9.86. The van der Waals surface area contributed by atoms with Crippen molar-refractivity contribution >= 4 is 33.9 Å². The van der Waals surface area contributed by atoms with Crippen molar-refractivity contribution in [1.29, 1.82) is 0 Å². The summed E-state index contributed by atoms with van der Waals surface area (Å²) in [6.07, 6.45) is 2.67. The molecule has 1 aromatic heterocycles. The molecule has 5 nitrogen and oxygen atoms in total. The van der Waals surface area contributed by atoms with Crippen LogP contribution in [0.15, 0.2) is 79.0 Å². The van der Waals surface area contributed by atoms with Crippen molar-refractivity contribution in [2.24, 2.45) is 0 Å². The minimum absolute atomic E-state index is 0.113. The number of aromatic nitrogens is 1. The van der Waals surface area contributed by atoms with Crippen molar-refractivity contribution in [1.82, 2.24) is 4.98 Å². The Kier molecular flexibility index (Phi) is 5.61. The maximum absolute atomic E-state index is 12.5. The van der Waals surface area contributed by atoms with Gasteiger partial charge in [0.2, 0.25) is 0 Å². The van der Waals surface area contributed by atoms with Crippen LogP contribution in [0.5, 0.6) is 5.75 Å². The lowest BCUT2D eigenvalue weighted by Crippen LogP contribution is -2.12. The Labute approximate surface area is 175 Å². The van der Waals surface area contributed by atoms with E-state index in [1.54, 1.807) is 13.3 Å². The van der Waals surface area contributed by atoms with Gasteiger partial charge in [0.05, 0.1) is 12.6 Å². The highest BCUT2D eigenvalue weighted by molar-refractivity contribution is 6.04. The third kappa shape index (κ3) is 4.25. The zero-order chi connectivity index (χ0) is 20.9. The Hall–Kier alpha value is -3.86. The standard InChI is InChI=1S/C25H23N3O2/c1-3-17-5-4-6-18(15-17)25(29)28-20-9-7-19(8-10-20)27-24-13-14-26-23-12-11-21(30-2)16-22(23)24/h4-16H,3H2,1-2H3,(H,26,27)(H,28,29). The van der Waals surface area contributed by atoms with Crippen LogP contribution in [0.4, 0.5) is 17.1 Å². The smallest absolute Gasteiger partial charge is 0.255 e. The lowest BCUT2D eigenvalue weighted by atomic mass is 10.1. The highest BCUT2D eigenvalue weighted by Gasteiger charge is 2.08. The zero-order valence-electron chi connectivity index (χ0n) is 17.0. The molecule has 0 aliphatic heterocycles. The first-order chi connectivity index (χ1) is 14.7. The van der Waals surface area contributed by atoms with E-state index in [0.29, 0.717) is 5.56 Å². The summed E-state index contributed by atoms with van der Waals surface area (Å²) in [6.45, 7) is 2.07. The molecule has 0 saturated heterocycles. The Morgan fingerprint density at radius 2 is 1.77 bits per heavy atom. The molecule has 5 heteroatoms. The lowest BCUT2D eigenvalue weighted by Gasteiger charge is -2.12. The second kappa shape index (κ2) is 8.66. The number of fused-ring (bicyclic) bond motifs is 1. The summed E-state index contributed by atoms with van der Waals surface area (Å²) in [4.78, 5) is 16.9. The van der Waals surface area contributed by atoms with Gasteiger partial charge in [0.25, 0.3) is 5.91 Å². The molecule has 3 aromatic carbocycles. The first kappa shape index (κ1) is 19.5. The molecule has 0 radical (unpaired) electrons. The van der Waals surface area contributed by atoms with E-state index in [1.807, 2.05) is 72.8 Å². The number of methoxy groups -OCH3 is 1. The molecule has 0 bridgehead atoms. The minimum atomic E-state index is -0.113. The van der Waals surface area contributed by atoms with Gasteiger partial charge >= 0.3 is 0 Å². The summed E-state index contributed by atoms with van der Waals surface area (Å²) in [5.74, 6) is 0.669. The Balaban J connectivity index is 1.50. The number of rotatable bonds is 6. The third-order valence-corrected chi connectivity index (χ3v) is 4.97. The quantitative estimate of drug-likeness (QED) is 0.431. The zero-order valence-corrected chi connectivity index (χ0v) is 17.0. The van der Waals surface area contributed by atoms with Gasteiger partial charge in [-0.15, -0.1) is 0 Å². The van der Waals surface area contributed by atoms with Crippen molar-refractivity contribution in [3.63, 3.8) is 0 Å². The predicted octanol–water partition coefficient (Wildman–Crippen LogP) is 5.80. The number of aryl methyl sites for hydroxylation is 1. The average Bonchev–Trinajstić information content (AvgIpc) is 2.80. The topological polar surface area (TPSA) is 63.2 Å². The summed E-state index contributed by atoms with van der Waals surface area (Å²) in [5, 5.41) is 7.35. The monoisotopic (exact) mass is 397 g/mol. The van der Waals surface area contributed by atoms with Gasteiger partial charge in [-0.05, 0) is 72.6 Å². The summed E-state index contributed by atoms with van der Waals surface area (Å²) in [7, 11) is 1.65. The molecule has 1 heterocycles. The summed E-state index contributed by atoms with van der Waals surface area (Å²) < 4.78 is 5.34. The maximum atomic E-state index is 12.5. The van der Waals surface area contributed by atoms with Gasteiger partial charge in [0.15, 0.2) is 0 Å². The molecule has 4 rings (SSSR count). The molecule has 150 valence electrons. The molecule has 0 atom stereocenters. The summed E-state index contributed by atoms with van der Waals surface area (Å²) in [6, 6.07) is 23.0. The van der Waals surface area contributed by atoms with Crippen molar-refractivity contribution < 1.29 is 9.53 Å². The van der Waals surface area contributed by atoms with Crippen molar-refractivity contribution in [2.75, 3.05) is 17.7 Å².